The smallest absolute Gasteiger partial charge is 0.422 e. The van der Waals surface area contributed by atoms with Gasteiger partial charge in [0.1, 0.15) is 18.1 Å². The molecular weight excluding hydrogens is 1910 g/mol. The number of methoxy groups -OCH3 is 2. The number of halogens is 12. The van der Waals surface area contributed by atoms with Crippen LogP contribution >= 0.6 is 34.8 Å². The zero-order chi connectivity index (χ0) is 101. The minimum atomic E-state index is -4.62. The number of rotatable bonds is 46. The van der Waals surface area contributed by atoms with Crippen molar-refractivity contribution >= 4 is 147 Å². The molecule has 5 amide bonds. The number of carbonyl (C=O) groups excluding carboxylic acids is 10. The number of benzene rings is 6. The molecule has 3 saturated carbocycles. The Balaban J connectivity index is 0.000000216. The summed E-state index contributed by atoms with van der Waals surface area (Å²) < 4.78 is 145. The van der Waals surface area contributed by atoms with Crippen LogP contribution in [0.4, 0.5) is 92.3 Å². The molecular formula is C90H97Cl3F9N21O16. The van der Waals surface area contributed by atoms with E-state index >= 15 is 0 Å². The molecule has 12 rings (SSSR count). The Morgan fingerprint density at radius 1 is 0.374 bits per heavy atom. The van der Waals surface area contributed by atoms with Gasteiger partial charge in [-0.2, -0.15) is 84.4 Å². The molecule has 0 unspecified atom stereocenters. The molecule has 13 N–H and O–H groups in total. The number of ether oxygens (including phenoxy) is 6. The number of hydrogen-bond acceptors (Lipinski definition) is 32. The Morgan fingerprint density at radius 2 is 0.640 bits per heavy atom. The number of alkyl halides is 9. The van der Waals surface area contributed by atoms with E-state index in [1.165, 1.54) is 89.0 Å². The Hall–Kier alpha value is -14.2. The van der Waals surface area contributed by atoms with Crippen LogP contribution in [0, 0.1) is 0 Å². The summed E-state index contributed by atoms with van der Waals surface area (Å²) in [5.74, 6) is -6.43. The summed E-state index contributed by atoms with van der Waals surface area (Å²) in [5.41, 5.74) is 8.49. The van der Waals surface area contributed by atoms with E-state index in [1.807, 2.05) is 36.4 Å². The monoisotopic (exact) mass is 2000 g/mol. The van der Waals surface area contributed by atoms with Crippen LogP contribution in [0.3, 0.4) is 0 Å². The van der Waals surface area contributed by atoms with Gasteiger partial charge in [0.15, 0.2) is 19.8 Å². The van der Waals surface area contributed by atoms with Crippen LogP contribution in [0.15, 0.2) is 146 Å². The van der Waals surface area contributed by atoms with Crippen molar-refractivity contribution in [1.82, 2.24) is 71.4 Å². The van der Waals surface area contributed by atoms with Crippen LogP contribution in [0.1, 0.15) is 157 Å². The first-order valence-corrected chi connectivity index (χ1v) is 44.3. The summed E-state index contributed by atoms with van der Waals surface area (Å²) in [6.45, 7) is -2.72. The zero-order valence-electron chi connectivity index (χ0n) is 75.1. The van der Waals surface area contributed by atoms with Gasteiger partial charge in [0.05, 0.1) is 37.4 Å². The molecule has 37 nitrogen and oxygen atoms in total. The standard InChI is InChI=1S/C32H35ClF3N7O6.C31H33ClF3N7O6.C27H29ClF3N7O4/c1-3-48-27(47)23(6-4-5-7-24(44)26(46)37-2)39-25(45)19-8-14-22(15-9-19)38-28-40-29(42-30(41-28)49-18-32(34,35)36)43-31(16-17-31)20-10-12-21(33)13-11-20;1-36-25(45)23(43)6-4-3-5-22(26(46)47-2)38-24(44)18-7-13-21(14-8-18)37-27-39-28(41-29(40-27)48-17-31(33,34)35)42-30(15-16-30)19-9-11-20(32)12-10-19;1-41-22(40)20(3-2-14-32)34-21(39)16-4-10-19(11-5-16)33-23-35-24(37-25(36-23)42-15-27(29,30)31)38-26(12-13-26)17-6-8-18(28)9-7-17/h8-15,23H,3-7,16-18H2,1-2H3,(H,37,46)(H,39,45)(H2,38,40,41,42,43);7-14,22H,3-6,15-17H2,1-2H3,(H,36,45)(H,38,44)(H2,37,39,40,41,42);4-11,20H,2-3,12-15,32H2,1H3,(H,34,39)(H2,33,35,36,37,38)/t23-;22-;20-/m000/s1. The van der Waals surface area contributed by atoms with Gasteiger partial charge in [-0.3, -0.25) is 33.6 Å². The van der Waals surface area contributed by atoms with Gasteiger partial charge < -0.3 is 92.6 Å². The molecule has 6 aromatic carbocycles. The minimum Gasteiger partial charge on any atom is -0.467 e. The van der Waals surface area contributed by atoms with Gasteiger partial charge in [-0.25, -0.2) is 14.4 Å². The van der Waals surface area contributed by atoms with E-state index < -0.39 is 150 Å². The van der Waals surface area contributed by atoms with Crippen molar-refractivity contribution < 1.29 is 116 Å². The summed E-state index contributed by atoms with van der Waals surface area (Å²) in [6, 6.07) is 35.0. The van der Waals surface area contributed by atoms with Crippen LogP contribution < -0.4 is 78.4 Å². The number of likely N-dealkylation sites (N-methyl/N-ethyl adjacent to an activating group) is 2. The molecule has 3 aliphatic carbocycles. The number of aromatic nitrogens is 9. The van der Waals surface area contributed by atoms with E-state index in [0.29, 0.717) is 77.2 Å². The highest BCUT2D eigenvalue weighted by atomic mass is 35.5. The third-order valence-corrected chi connectivity index (χ3v) is 21.8. The molecule has 0 radical (unpaired) electrons. The summed E-state index contributed by atoms with van der Waals surface area (Å²) >= 11 is 18.0. The number of unbranched alkanes of at least 4 members (excludes halogenated alkanes) is 2. The van der Waals surface area contributed by atoms with Crippen LogP contribution in [-0.2, 0) is 64.4 Å². The van der Waals surface area contributed by atoms with Gasteiger partial charge >= 0.3 is 54.5 Å². The predicted molar refractivity (Wildman–Crippen MR) is 489 cm³/mol. The summed E-state index contributed by atoms with van der Waals surface area (Å²) in [4.78, 5) is 159. The number of nitrogens with zero attached hydrogens (tertiary/aromatic N) is 9. The fourth-order valence-corrected chi connectivity index (χ4v) is 13.8. The molecule has 742 valence electrons. The fourth-order valence-electron chi connectivity index (χ4n) is 13.4. The molecule has 0 aliphatic heterocycles. The third kappa shape index (κ3) is 33.9. The average Bonchev–Trinajstić information content (AvgIpc) is 1.62. The van der Waals surface area contributed by atoms with Gasteiger partial charge in [0.2, 0.25) is 47.3 Å². The second kappa shape index (κ2) is 49.2. The van der Waals surface area contributed by atoms with Crippen molar-refractivity contribution in [2.75, 3.05) is 93.2 Å². The molecule has 3 atom stereocenters. The maximum Gasteiger partial charge on any atom is 0.422 e. The lowest BCUT2D eigenvalue weighted by Gasteiger charge is -2.19. The van der Waals surface area contributed by atoms with Crippen LogP contribution in [-0.4, -0.2) is 202 Å². The molecule has 139 heavy (non-hydrogen) atoms. The molecule has 49 heteroatoms. The van der Waals surface area contributed by atoms with Crippen molar-refractivity contribution in [2.45, 2.75) is 163 Å². The average molecular weight is 2010 g/mol. The number of anilines is 9. The lowest BCUT2D eigenvalue weighted by atomic mass is 10.1. The predicted octanol–water partition coefficient (Wildman–Crippen LogP) is 13.6. The number of amides is 5. The summed E-state index contributed by atoms with van der Waals surface area (Å²) in [7, 11) is 5.13. The first kappa shape index (κ1) is 107. The molecule has 3 aromatic heterocycles. The van der Waals surface area contributed by atoms with Crippen molar-refractivity contribution in [2.24, 2.45) is 5.73 Å². The molecule has 3 heterocycles. The van der Waals surface area contributed by atoms with Crippen molar-refractivity contribution in [3.63, 3.8) is 0 Å². The highest BCUT2D eigenvalue weighted by molar-refractivity contribution is 6.36. The van der Waals surface area contributed by atoms with E-state index in [9.17, 15) is 87.5 Å². The lowest BCUT2D eigenvalue weighted by molar-refractivity contribution is -0.155. The largest absolute Gasteiger partial charge is 0.467 e. The molecule has 3 fully saturated rings. The maximum atomic E-state index is 13.0. The number of Topliss-reactive ketones (excluding diaryl/α,β-unsaturated/α-hetero) is 2. The quantitative estimate of drug-likeness (QED) is 0.00554. The van der Waals surface area contributed by atoms with E-state index in [4.69, 9.17) is 69.0 Å². The highest BCUT2D eigenvalue weighted by Gasteiger charge is 2.48. The second-order valence-corrected chi connectivity index (χ2v) is 32.9. The van der Waals surface area contributed by atoms with Gasteiger partial charge in [-0.1, -0.05) is 84.0 Å². The normalized spacial score (nSPS) is 14.0. The Kier molecular flexibility index (Phi) is 37.9. The van der Waals surface area contributed by atoms with Gasteiger partial charge in [-0.15, -0.1) is 0 Å². The molecule has 0 spiro atoms. The fraction of sp³-hybridized carbons (Fsp3) is 0.389. The second-order valence-electron chi connectivity index (χ2n) is 31.6. The zero-order valence-corrected chi connectivity index (χ0v) is 77.4. The van der Waals surface area contributed by atoms with Crippen LogP contribution in [0.25, 0.3) is 0 Å². The molecule has 0 bridgehead atoms. The van der Waals surface area contributed by atoms with Gasteiger partial charge in [0, 0.05) is 75.8 Å². The number of esters is 3. The summed E-state index contributed by atoms with van der Waals surface area (Å²) in [6.07, 6.45) is -6.89. The Morgan fingerprint density at radius 3 is 0.885 bits per heavy atom. The minimum absolute atomic E-state index is 0.00442. The number of nitrogens with two attached hydrogens (primary N) is 1. The van der Waals surface area contributed by atoms with E-state index in [1.54, 1.807) is 55.5 Å². The third-order valence-electron chi connectivity index (χ3n) is 21.1. The highest BCUT2D eigenvalue weighted by Crippen LogP contribution is 2.51. The lowest BCUT2D eigenvalue weighted by Crippen LogP contribution is -2.41. The number of nitrogens with one attached hydrogen (secondary N) is 11. The van der Waals surface area contributed by atoms with Crippen molar-refractivity contribution in [3.8, 4) is 18.0 Å². The van der Waals surface area contributed by atoms with Crippen LogP contribution in [0.2, 0.25) is 15.1 Å². The van der Waals surface area contributed by atoms with Crippen molar-refractivity contribution in [1.29, 1.82) is 0 Å². The first-order chi connectivity index (χ1) is 66.1. The van der Waals surface area contributed by atoms with E-state index in [2.05, 4.69) is 103 Å². The molecule has 3 aliphatic rings. The number of carbonyl (C=O) groups is 10. The first-order valence-electron chi connectivity index (χ1n) is 43.2. The van der Waals surface area contributed by atoms with E-state index in [0.717, 1.165) is 55.2 Å². The Bertz CT molecular complexity index is 5750. The van der Waals surface area contributed by atoms with Crippen molar-refractivity contribution in [3.05, 3.63) is 194 Å². The molecule has 0 saturated heterocycles. The Labute approximate surface area is 803 Å². The SMILES string of the molecule is CCOC(=O)[C@H](CCCCC(=O)C(=O)NC)NC(=O)c1ccc(Nc2nc(NC3(c4ccc(Cl)cc4)CC3)nc(OCC(F)(F)F)n2)cc1.CNC(=O)C(=O)CCCC[C@H](NC(=O)c1ccc(Nc2nc(NC3(c4ccc(Cl)cc4)CC3)nc(OCC(F)(F)F)n2)cc1)C(=O)OC.COC(=O)[C@H](CCCN)NC(=O)c1ccc(Nc2nc(NC3(c4ccc(Cl)cc4)CC3)nc(OCC(F)(F)F)n2)cc1. The van der Waals surface area contributed by atoms with E-state index in [-0.39, 0.29) is 84.7 Å². The topological polar surface area (TPSA) is 500 Å². The number of ketones is 2. The van der Waals surface area contributed by atoms with Crippen LogP contribution in [0.5, 0.6) is 18.0 Å². The molecule has 9 aromatic rings. The van der Waals surface area contributed by atoms with Gasteiger partial charge in [-0.05, 0) is 216 Å². The van der Waals surface area contributed by atoms with Gasteiger partial charge in [0.25, 0.3) is 29.5 Å². The number of hydrogen-bond donors (Lipinski definition) is 12. The summed E-state index contributed by atoms with van der Waals surface area (Å²) in [5, 5.41) is 32.3. The maximum absolute atomic E-state index is 13.0.